The molecule has 1 saturated heterocycles. The summed E-state index contributed by atoms with van der Waals surface area (Å²) in [6.45, 7) is 6.81. The zero-order valence-electron chi connectivity index (χ0n) is 10.7. The van der Waals surface area contributed by atoms with Crippen molar-refractivity contribution in [3.8, 4) is 0 Å². The fourth-order valence-corrected chi connectivity index (χ4v) is 2.36. The van der Waals surface area contributed by atoms with Crippen LogP contribution in [0.15, 0.2) is 24.3 Å². The van der Waals surface area contributed by atoms with Crippen LogP contribution in [0.2, 0.25) is 0 Å². The minimum absolute atomic E-state index is 0.131. The molecule has 1 amide bonds. The molecule has 1 heterocycles. The molecule has 0 saturated carbocycles. The van der Waals surface area contributed by atoms with Crippen molar-refractivity contribution in [1.82, 2.24) is 9.80 Å². The average molecular weight is 267 g/mol. The summed E-state index contributed by atoms with van der Waals surface area (Å²) in [4.78, 5) is 16.6. The van der Waals surface area contributed by atoms with Crippen LogP contribution >= 0.6 is 11.6 Å². The maximum atomic E-state index is 12.3. The van der Waals surface area contributed by atoms with E-state index in [1.54, 1.807) is 0 Å². The summed E-state index contributed by atoms with van der Waals surface area (Å²) < 4.78 is 0. The van der Waals surface area contributed by atoms with Crippen LogP contribution in [-0.4, -0.2) is 48.4 Å². The second-order valence-corrected chi connectivity index (χ2v) is 4.82. The highest BCUT2D eigenvalue weighted by Crippen LogP contribution is 2.11. The van der Waals surface area contributed by atoms with E-state index >= 15 is 0 Å². The Labute approximate surface area is 113 Å². The van der Waals surface area contributed by atoms with Crippen LogP contribution < -0.4 is 0 Å². The summed E-state index contributed by atoms with van der Waals surface area (Å²) >= 11 is 5.74. The Balaban J connectivity index is 1.98. The van der Waals surface area contributed by atoms with Gasteiger partial charge in [0.15, 0.2) is 0 Å². The number of piperazine rings is 1. The molecule has 0 N–H and O–H groups in total. The molecular weight excluding hydrogens is 248 g/mol. The van der Waals surface area contributed by atoms with Crippen LogP contribution in [-0.2, 0) is 5.88 Å². The molecule has 18 heavy (non-hydrogen) atoms. The number of rotatable bonds is 3. The van der Waals surface area contributed by atoms with Crippen molar-refractivity contribution in [2.24, 2.45) is 0 Å². The maximum Gasteiger partial charge on any atom is 0.253 e. The fourth-order valence-electron chi connectivity index (χ4n) is 2.19. The van der Waals surface area contributed by atoms with Crippen LogP contribution in [0.1, 0.15) is 22.8 Å². The molecule has 0 atom stereocenters. The first-order valence-electron chi connectivity index (χ1n) is 6.41. The van der Waals surface area contributed by atoms with Gasteiger partial charge in [-0.25, -0.2) is 0 Å². The molecule has 1 fully saturated rings. The summed E-state index contributed by atoms with van der Waals surface area (Å²) in [6, 6.07) is 7.57. The number of nitrogens with zero attached hydrogens (tertiary/aromatic N) is 2. The van der Waals surface area contributed by atoms with Gasteiger partial charge in [0.25, 0.3) is 5.91 Å². The number of halogens is 1. The predicted molar refractivity (Wildman–Crippen MR) is 74.0 cm³/mol. The molecule has 4 heteroatoms. The zero-order valence-corrected chi connectivity index (χ0v) is 11.5. The van der Waals surface area contributed by atoms with Crippen molar-refractivity contribution in [2.45, 2.75) is 12.8 Å². The van der Waals surface area contributed by atoms with E-state index in [0.29, 0.717) is 5.88 Å². The van der Waals surface area contributed by atoms with Gasteiger partial charge < -0.3 is 9.80 Å². The van der Waals surface area contributed by atoms with E-state index in [2.05, 4.69) is 11.8 Å². The van der Waals surface area contributed by atoms with Gasteiger partial charge in [-0.15, -0.1) is 11.6 Å². The molecule has 0 spiro atoms. The first-order valence-corrected chi connectivity index (χ1v) is 6.94. The molecule has 1 aromatic carbocycles. The monoisotopic (exact) mass is 266 g/mol. The topological polar surface area (TPSA) is 23.6 Å². The summed E-state index contributed by atoms with van der Waals surface area (Å²) in [5, 5.41) is 0. The van der Waals surface area contributed by atoms with Gasteiger partial charge in [0.05, 0.1) is 0 Å². The van der Waals surface area contributed by atoms with Gasteiger partial charge in [-0.2, -0.15) is 0 Å². The Morgan fingerprint density at radius 2 is 1.78 bits per heavy atom. The molecule has 0 aromatic heterocycles. The van der Waals surface area contributed by atoms with Gasteiger partial charge in [-0.05, 0) is 24.2 Å². The second kappa shape index (κ2) is 6.21. The molecule has 98 valence electrons. The zero-order chi connectivity index (χ0) is 13.0. The minimum atomic E-state index is 0.131. The Hall–Kier alpha value is -1.06. The van der Waals surface area contributed by atoms with Crippen molar-refractivity contribution in [1.29, 1.82) is 0 Å². The summed E-state index contributed by atoms with van der Waals surface area (Å²) in [7, 11) is 0. The van der Waals surface area contributed by atoms with Crippen LogP contribution in [0.5, 0.6) is 0 Å². The van der Waals surface area contributed by atoms with E-state index in [1.807, 2.05) is 29.2 Å². The number of hydrogen-bond acceptors (Lipinski definition) is 2. The highest BCUT2D eigenvalue weighted by molar-refractivity contribution is 6.17. The lowest BCUT2D eigenvalue weighted by atomic mass is 10.1. The van der Waals surface area contributed by atoms with Gasteiger partial charge in [0.1, 0.15) is 0 Å². The number of benzene rings is 1. The van der Waals surface area contributed by atoms with E-state index < -0.39 is 0 Å². The number of carbonyl (C=O) groups is 1. The lowest BCUT2D eigenvalue weighted by molar-refractivity contribution is 0.0643. The molecule has 1 aliphatic heterocycles. The van der Waals surface area contributed by atoms with E-state index in [1.165, 1.54) is 0 Å². The second-order valence-electron chi connectivity index (χ2n) is 4.56. The van der Waals surface area contributed by atoms with Crippen molar-refractivity contribution >= 4 is 17.5 Å². The minimum Gasteiger partial charge on any atom is -0.336 e. The highest BCUT2D eigenvalue weighted by Gasteiger charge is 2.20. The number of amides is 1. The van der Waals surface area contributed by atoms with Gasteiger partial charge in [0.2, 0.25) is 0 Å². The third-order valence-corrected chi connectivity index (χ3v) is 3.77. The maximum absolute atomic E-state index is 12.3. The molecule has 0 bridgehead atoms. The van der Waals surface area contributed by atoms with E-state index in [9.17, 15) is 4.79 Å². The predicted octanol–water partition coefficient (Wildman–Crippen LogP) is 2.20. The van der Waals surface area contributed by atoms with Crippen molar-refractivity contribution < 1.29 is 4.79 Å². The normalized spacial score (nSPS) is 16.9. The van der Waals surface area contributed by atoms with Crippen LogP contribution in [0, 0.1) is 0 Å². The van der Waals surface area contributed by atoms with Crippen LogP contribution in [0.3, 0.4) is 0 Å². The smallest absolute Gasteiger partial charge is 0.253 e. The number of likely N-dealkylation sites (N-methyl/N-ethyl adjacent to an activating group) is 1. The molecule has 1 aromatic rings. The Morgan fingerprint density at radius 3 is 2.28 bits per heavy atom. The first kappa shape index (κ1) is 13.4. The fraction of sp³-hybridized carbons (Fsp3) is 0.500. The summed E-state index contributed by atoms with van der Waals surface area (Å²) in [6.07, 6.45) is 0. The summed E-state index contributed by atoms with van der Waals surface area (Å²) in [5.41, 5.74) is 1.80. The average Bonchev–Trinajstić information content (AvgIpc) is 2.47. The molecule has 0 radical (unpaired) electrons. The Kier molecular flexibility index (Phi) is 4.61. The van der Waals surface area contributed by atoms with Gasteiger partial charge >= 0.3 is 0 Å². The van der Waals surface area contributed by atoms with E-state index in [0.717, 1.165) is 43.9 Å². The van der Waals surface area contributed by atoms with E-state index in [4.69, 9.17) is 11.6 Å². The molecule has 1 aliphatic rings. The van der Waals surface area contributed by atoms with Crippen molar-refractivity contribution in [2.75, 3.05) is 32.7 Å². The Morgan fingerprint density at radius 1 is 1.17 bits per heavy atom. The molecule has 0 unspecified atom stereocenters. The summed E-state index contributed by atoms with van der Waals surface area (Å²) in [5.74, 6) is 0.621. The molecule has 2 rings (SSSR count). The number of alkyl halides is 1. The quantitative estimate of drug-likeness (QED) is 0.783. The highest BCUT2D eigenvalue weighted by atomic mass is 35.5. The SMILES string of the molecule is CCN1CCN(C(=O)c2ccc(CCl)cc2)CC1. The standard InChI is InChI=1S/C14H19ClN2O/c1-2-16-7-9-17(10-8-16)14(18)13-5-3-12(11-15)4-6-13/h3-6H,2,7-11H2,1H3. The Bertz CT molecular complexity index is 397. The lowest BCUT2D eigenvalue weighted by Gasteiger charge is -2.34. The first-order chi connectivity index (χ1) is 8.74. The number of carbonyl (C=O) groups excluding carboxylic acids is 1. The van der Waals surface area contributed by atoms with Crippen LogP contribution in [0.25, 0.3) is 0 Å². The largest absolute Gasteiger partial charge is 0.336 e. The van der Waals surface area contributed by atoms with Crippen molar-refractivity contribution in [3.05, 3.63) is 35.4 Å². The van der Waals surface area contributed by atoms with Gasteiger partial charge in [-0.1, -0.05) is 19.1 Å². The molecular formula is C14H19ClN2O. The number of hydrogen-bond donors (Lipinski definition) is 0. The third-order valence-electron chi connectivity index (χ3n) is 3.46. The van der Waals surface area contributed by atoms with E-state index in [-0.39, 0.29) is 5.91 Å². The van der Waals surface area contributed by atoms with Gasteiger partial charge in [-0.3, -0.25) is 4.79 Å². The lowest BCUT2D eigenvalue weighted by Crippen LogP contribution is -2.48. The molecule has 0 aliphatic carbocycles. The molecule has 3 nitrogen and oxygen atoms in total. The third kappa shape index (κ3) is 3.03. The van der Waals surface area contributed by atoms with Crippen molar-refractivity contribution in [3.63, 3.8) is 0 Å². The van der Waals surface area contributed by atoms with Gasteiger partial charge in [0, 0.05) is 37.6 Å². The van der Waals surface area contributed by atoms with Crippen LogP contribution in [0.4, 0.5) is 0 Å².